The Morgan fingerprint density at radius 1 is 1.19 bits per heavy atom. The van der Waals surface area contributed by atoms with Gasteiger partial charge in [-0.1, -0.05) is 41.4 Å². The second-order valence-electron chi connectivity index (χ2n) is 9.35. The zero-order valence-electron chi connectivity index (χ0n) is 16.0. The predicted molar refractivity (Wildman–Crippen MR) is 105 cm³/mol. The summed E-state index contributed by atoms with van der Waals surface area (Å²) < 4.78 is 6.69. The van der Waals surface area contributed by atoms with Crippen molar-refractivity contribution in [1.82, 2.24) is 0 Å². The van der Waals surface area contributed by atoms with Crippen LogP contribution in [0.2, 0.25) is 0 Å². The number of carbonyl (C=O) groups excluding carboxylic acids is 2. The van der Waals surface area contributed by atoms with Crippen molar-refractivity contribution in [3.63, 3.8) is 0 Å². The van der Waals surface area contributed by atoms with Crippen LogP contribution in [0.5, 0.6) is 0 Å². The summed E-state index contributed by atoms with van der Waals surface area (Å²) in [6.45, 7) is 6.31. The molecule has 2 fully saturated rings. The minimum absolute atomic E-state index is 0.0567. The Kier molecular flexibility index (Phi) is 4.49. The van der Waals surface area contributed by atoms with Gasteiger partial charge in [0.2, 0.25) is 0 Å². The third-order valence-corrected chi connectivity index (χ3v) is 9.56. The zero-order valence-corrected chi connectivity index (χ0v) is 17.6. The van der Waals surface area contributed by atoms with E-state index in [4.69, 9.17) is 4.74 Å². The van der Waals surface area contributed by atoms with Gasteiger partial charge in [0, 0.05) is 28.8 Å². The smallest absolute Gasteiger partial charge is 0.302 e. The van der Waals surface area contributed by atoms with Crippen LogP contribution < -0.4 is 0 Å². The monoisotopic (exact) mass is 420 g/mol. The van der Waals surface area contributed by atoms with Crippen LogP contribution in [0.4, 0.5) is 0 Å². The highest BCUT2D eigenvalue weighted by Gasteiger charge is 2.57. The van der Waals surface area contributed by atoms with E-state index in [0.717, 1.165) is 50.4 Å². The van der Waals surface area contributed by atoms with E-state index in [1.54, 1.807) is 0 Å². The molecule has 0 spiro atoms. The van der Waals surface area contributed by atoms with E-state index in [-0.39, 0.29) is 22.9 Å². The van der Waals surface area contributed by atoms with Crippen molar-refractivity contribution < 1.29 is 14.3 Å². The molecule has 2 unspecified atom stereocenters. The first-order valence-electron chi connectivity index (χ1n) is 10.0. The average molecular weight is 421 g/mol. The van der Waals surface area contributed by atoms with Gasteiger partial charge in [-0.25, -0.2) is 0 Å². The van der Waals surface area contributed by atoms with E-state index in [1.165, 1.54) is 23.4 Å². The van der Waals surface area contributed by atoms with Crippen LogP contribution in [-0.2, 0) is 14.3 Å². The predicted octanol–water partition coefficient (Wildman–Crippen LogP) is 5.34. The number of allylic oxidation sites excluding steroid dienone is 3. The van der Waals surface area contributed by atoms with Crippen LogP contribution in [0, 0.1) is 28.6 Å². The first kappa shape index (κ1) is 18.5. The molecule has 6 atom stereocenters. The molecule has 0 aromatic carbocycles. The number of aldehydes is 1. The number of fused-ring (bicyclic) bond motifs is 5. The fourth-order valence-corrected chi connectivity index (χ4v) is 7.47. The second kappa shape index (κ2) is 6.32. The van der Waals surface area contributed by atoms with Crippen molar-refractivity contribution in [2.45, 2.75) is 71.8 Å². The van der Waals surface area contributed by atoms with Crippen molar-refractivity contribution >= 4 is 28.2 Å². The van der Waals surface area contributed by atoms with Gasteiger partial charge in [0.1, 0.15) is 12.4 Å². The number of rotatable bonds is 2. The lowest BCUT2D eigenvalue weighted by atomic mass is 9.48. The topological polar surface area (TPSA) is 43.4 Å². The van der Waals surface area contributed by atoms with Gasteiger partial charge in [0.25, 0.3) is 0 Å². The normalized spacial score (nSPS) is 44.5. The third kappa shape index (κ3) is 2.58. The van der Waals surface area contributed by atoms with Crippen LogP contribution in [0.1, 0.15) is 65.7 Å². The maximum Gasteiger partial charge on any atom is 0.302 e. The van der Waals surface area contributed by atoms with Gasteiger partial charge in [0.15, 0.2) is 0 Å². The summed E-state index contributed by atoms with van der Waals surface area (Å²) in [5.74, 6) is 1.74. The molecule has 4 aliphatic carbocycles. The first-order valence-corrected chi connectivity index (χ1v) is 10.8. The van der Waals surface area contributed by atoms with Crippen molar-refractivity contribution in [1.29, 1.82) is 0 Å². The molecule has 4 rings (SSSR count). The van der Waals surface area contributed by atoms with Crippen molar-refractivity contribution in [2.24, 2.45) is 28.6 Å². The Labute approximate surface area is 164 Å². The summed E-state index contributed by atoms with van der Waals surface area (Å²) in [5.41, 5.74) is 2.86. The molecule has 2 saturated carbocycles. The Morgan fingerprint density at radius 3 is 2.62 bits per heavy atom. The highest BCUT2D eigenvalue weighted by molar-refractivity contribution is 9.11. The van der Waals surface area contributed by atoms with Gasteiger partial charge in [-0.2, -0.15) is 0 Å². The van der Waals surface area contributed by atoms with E-state index in [1.807, 2.05) is 0 Å². The van der Waals surface area contributed by atoms with Gasteiger partial charge >= 0.3 is 5.97 Å². The van der Waals surface area contributed by atoms with Gasteiger partial charge in [-0.3, -0.25) is 9.59 Å². The van der Waals surface area contributed by atoms with Gasteiger partial charge in [-0.05, 0) is 61.7 Å². The molecular weight excluding hydrogens is 392 g/mol. The summed E-state index contributed by atoms with van der Waals surface area (Å²) in [4.78, 5) is 22.9. The molecule has 0 bridgehead atoms. The fraction of sp³-hybridized carbons (Fsp3) is 0.727. The average Bonchev–Trinajstić information content (AvgIpc) is 2.86. The summed E-state index contributed by atoms with van der Waals surface area (Å²) in [6, 6.07) is 0. The van der Waals surface area contributed by atoms with Crippen LogP contribution in [0.3, 0.4) is 0 Å². The van der Waals surface area contributed by atoms with Gasteiger partial charge < -0.3 is 4.74 Å². The lowest BCUT2D eigenvalue weighted by Gasteiger charge is -2.57. The number of esters is 1. The largest absolute Gasteiger partial charge is 0.462 e. The fourth-order valence-electron chi connectivity index (χ4n) is 6.73. The van der Waals surface area contributed by atoms with E-state index < -0.39 is 0 Å². The zero-order chi connectivity index (χ0) is 18.7. The van der Waals surface area contributed by atoms with E-state index >= 15 is 0 Å². The minimum atomic E-state index is -0.162. The summed E-state index contributed by atoms with van der Waals surface area (Å²) in [5, 5.41) is 0. The molecular formula is C22H29BrO3. The van der Waals surface area contributed by atoms with Crippen LogP contribution >= 0.6 is 15.9 Å². The molecule has 3 nitrogen and oxygen atoms in total. The van der Waals surface area contributed by atoms with Crippen molar-refractivity contribution in [3.8, 4) is 0 Å². The molecule has 0 N–H and O–H groups in total. The quantitative estimate of drug-likeness (QED) is 0.344. The molecule has 4 heteroatoms. The minimum Gasteiger partial charge on any atom is -0.462 e. The molecule has 0 aromatic rings. The summed E-state index contributed by atoms with van der Waals surface area (Å²) >= 11 is 3.78. The van der Waals surface area contributed by atoms with Gasteiger partial charge in [0.05, 0.1) is 0 Å². The number of carbonyl (C=O) groups is 2. The Bertz CT molecular complexity index is 708. The standard InChI is InChI=1S/C22H29BrO3/c1-13(25)26-16-6-8-21(2)15(11-16)4-5-17-18(21)7-9-22(3)19(17)10-14(12-24)20(22)23/h4,12,16-19H,5-11H2,1-3H3/t16-,17?,18?,19-,21-,22-/m0/s1. The first-order chi connectivity index (χ1) is 12.3. The van der Waals surface area contributed by atoms with Gasteiger partial charge in [-0.15, -0.1) is 0 Å². The molecule has 142 valence electrons. The van der Waals surface area contributed by atoms with E-state index in [9.17, 15) is 9.59 Å². The maximum atomic E-state index is 11.5. The third-order valence-electron chi connectivity index (χ3n) is 8.15. The molecule has 0 heterocycles. The Hall–Kier alpha value is -0.900. The molecule has 0 aliphatic heterocycles. The maximum absolute atomic E-state index is 11.5. The number of hydrogen-bond donors (Lipinski definition) is 0. The lowest BCUT2D eigenvalue weighted by molar-refractivity contribution is -0.148. The van der Waals surface area contributed by atoms with Crippen LogP contribution in [0.25, 0.3) is 0 Å². The van der Waals surface area contributed by atoms with Crippen molar-refractivity contribution in [3.05, 3.63) is 21.7 Å². The van der Waals surface area contributed by atoms with Crippen molar-refractivity contribution in [2.75, 3.05) is 0 Å². The summed E-state index contributed by atoms with van der Waals surface area (Å²) in [7, 11) is 0. The number of hydrogen-bond acceptors (Lipinski definition) is 3. The van der Waals surface area contributed by atoms with E-state index in [2.05, 4.69) is 35.9 Å². The number of ether oxygens (including phenoxy) is 1. The van der Waals surface area contributed by atoms with Crippen LogP contribution in [0.15, 0.2) is 21.7 Å². The van der Waals surface area contributed by atoms with Crippen LogP contribution in [-0.4, -0.2) is 18.4 Å². The molecule has 0 amide bonds. The SMILES string of the molecule is CC(=O)O[C@H]1CC[C@@]2(C)C(=CCC3C2CC[C@]2(C)C(Br)=C(C=O)C[C@@H]32)C1. The lowest BCUT2D eigenvalue weighted by Crippen LogP contribution is -2.50. The highest BCUT2D eigenvalue weighted by Crippen LogP contribution is 2.66. The Morgan fingerprint density at radius 2 is 1.92 bits per heavy atom. The molecule has 0 radical (unpaired) electrons. The Balaban J connectivity index is 1.61. The molecule has 0 saturated heterocycles. The molecule has 0 aromatic heterocycles. The molecule has 26 heavy (non-hydrogen) atoms. The van der Waals surface area contributed by atoms with E-state index in [0.29, 0.717) is 17.8 Å². The molecule has 4 aliphatic rings. The highest BCUT2D eigenvalue weighted by atomic mass is 79.9. The summed E-state index contributed by atoms with van der Waals surface area (Å²) in [6.07, 6.45) is 11.0. The second-order valence-corrected chi connectivity index (χ2v) is 10.1. The number of halogens is 1.